The molecule has 2 rings (SSSR count). The number of ether oxygens (including phenoxy) is 2. The molecule has 1 amide bonds. The minimum atomic E-state index is -0.773. The molecule has 140 valence electrons. The fourth-order valence-corrected chi connectivity index (χ4v) is 3.17. The van der Waals surface area contributed by atoms with Crippen molar-refractivity contribution in [1.29, 1.82) is 0 Å². The summed E-state index contributed by atoms with van der Waals surface area (Å²) < 4.78 is 11.9. The molecule has 0 saturated heterocycles. The van der Waals surface area contributed by atoms with E-state index in [1.54, 1.807) is 0 Å². The number of carbonyl (C=O) groups excluding carboxylic acids is 1. The molecule has 25 heavy (non-hydrogen) atoms. The Bertz CT molecular complexity index is 512. The Labute approximate surface area is 152 Å². The van der Waals surface area contributed by atoms with Gasteiger partial charge in [0.25, 0.3) is 5.91 Å². The standard InChI is InChI=1S/C21H33NO3/c1-4-6-15-21(3,24-16-5-2)20(23)22-17-11-13-19(14-12-17)25-18-9-7-8-10-18/h11-14,18H,4-10,15-16H2,1-3H3,(H,22,23)/t21-/m1/s1. The minimum Gasteiger partial charge on any atom is -0.490 e. The zero-order chi connectivity index (χ0) is 18.1. The van der Waals surface area contributed by atoms with Crippen LogP contribution in [0, 0.1) is 0 Å². The Kier molecular flexibility index (Phi) is 7.76. The van der Waals surface area contributed by atoms with Crippen LogP contribution in [0.5, 0.6) is 5.75 Å². The molecule has 4 nitrogen and oxygen atoms in total. The maximum Gasteiger partial charge on any atom is 0.256 e. The summed E-state index contributed by atoms with van der Waals surface area (Å²) >= 11 is 0. The fourth-order valence-electron chi connectivity index (χ4n) is 3.17. The van der Waals surface area contributed by atoms with Crippen molar-refractivity contribution in [3.05, 3.63) is 24.3 Å². The molecule has 1 N–H and O–H groups in total. The second-order valence-electron chi connectivity index (χ2n) is 7.19. The van der Waals surface area contributed by atoms with Gasteiger partial charge in [0.05, 0.1) is 6.10 Å². The second-order valence-corrected chi connectivity index (χ2v) is 7.19. The van der Waals surface area contributed by atoms with Gasteiger partial charge in [-0.2, -0.15) is 0 Å². The third kappa shape index (κ3) is 6.03. The predicted octanol–water partition coefficient (Wildman–Crippen LogP) is 5.32. The number of unbranched alkanes of at least 4 members (excludes halogenated alkanes) is 1. The van der Waals surface area contributed by atoms with Crippen molar-refractivity contribution in [2.24, 2.45) is 0 Å². The van der Waals surface area contributed by atoms with Gasteiger partial charge in [-0.15, -0.1) is 0 Å². The zero-order valence-corrected chi connectivity index (χ0v) is 16.0. The first-order valence-corrected chi connectivity index (χ1v) is 9.79. The predicted molar refractivity (Wildman–Crippen MR) is 102 cm³/mol. The summed E-state index contributed by atoms with van der Waals surface area (Å²) in [6.07, 6.45) is 8.81. The van der Waals surface area contributed by atoms with E-state index in [-0.39, 0.29) is 5.91 Å². The van der Waals surface area contributed by atoms with Crippen molar-refractivity contribution in [2.75, 3.05) is 11.9 Å². The van der Waals surface area contributed by atoms with Gasteiger partial charge in [-0.25, -0.2) is 0 Å². The van der Waals surface area contributed by atoms with Crippen molar-refractivity contribution in [3.63, 3.8) is 0 Å². The first-order chi connectivity index (χ1) is 12.1. The number of anilines is 1. The lowest BCUT2D eigenvalue weighted by Crippen LogP contribution is -2.43. The second kappa shape index (κ2) is 9.81. The minimum absolute atomic E-state index is 0.0705. The first-order valence-electron chi connectivity index (χ1n) is 9.79. The maximum absolute atomic E-state index is 12.7. The molecule has 0 radical (unpaired) electrons. The molecule has 0 aromatic heterocycles. The summed E-state index contributed by atoms with van der Waals surface area (Å²) in [5, 5.41) is 3.00. The van der Waals surface area contributed by atoms with Gasteiger partial charge < -0.3 is 14.8 Å². The van der Waals surface area contributed by atoms with Gasteiger partial charge in [0.15, 0.2) is 0 Å². The number of amides is 1. The van der Waals surface area contributed by atoms with E-state index < -0.39 is 5.60 Å². The molecule has 1 aromatic carbocycles. The van der Waals surface area contributed by atoms with E-state index in [2.05, 4.69) is 19.2 Å². The SMILES string of the molecule is CCCC[C@@](C)(OCCC)C(=O)Nc1ccc(OC2CCCC2)cc1. The monoisotopic (exact) mass is 347 g/mol. The molecule has 1 saturated carbocycles. The van der Waals surface area contributed by atoms with E-state index in [4.69, 9.17) is 9.47 Å². The molecule has 0 heterocycles. The van der Waals surface area contributed by atoms with Gasteiger partial charge in [0.1, 0.15) is 11.4 Å². The number of rotatable bonds is 10. The van der Waals surface area contributed by atoms with Crippen molar-refractivity contribution in [2.45, 2.75) is 83.8 Å². The highest BCUT2D eigenvalue weighted by atomic mass is 16.5. The van der Waals surface area contributed by atoms with Crippen molar-refractivity contribution in [1.82, 2.24) is 0 Å². The van der Waals surface area contributed by atoms with E-state index in [0.29, 0.717) is 12.7 Å². The smallest absolute Gasteiger partial charge is 0.256 e. The highest BCUT2D eigenvalue weighted by Gasteiger charge is 2.33. The van der Waals surface area contributed by atoms with E-state index >= 15 is 0 Å². The summed E-state index contributed by atoms with van der Waals surface area (Å²) in [7, 11) is 0. The summed E-state index contributed by atoms with van der Waals surface area (Å²) in [4.78, 5) is 12.7. The summed E-state index contributed by atoms with van der Waals surface area (Å²) in [5.74, 6) is 0.805. The van der Waals surface area contributed by atoms with Crippen LogP contribution in [0.4, 0.5) is 5.69 Å². The average Bonchev–Trinajstić information content (AvgIpc) is 3.13. The van der Waals surface area contributed by atoms with E-state index in [0.717, 1.165) is 50.0 Å². The number of nitrogens with one attached hydrogen (secondary N) is 1. The lowest BCUT2D eigenvalue weighted by molar-refractivity contribution is -0.140. The quantitative estimate of drug-likeness (QED) is 0.623. The summed E-state index contributed by atoms with van der Waals surface area (Å²) in [6.45, 7) is 6.68. The molecule has 1 aromatic rings. The van der Waals surface area contributed by atoms with Crippen LogP contribution in [-0.4, -0.2) is 24.2 Å². The molecule has 0 aliphatic heterocycles. The number of hydrogen-bond acceptors (Lipinski definition) is 3. The fraction of sp³-hybridized carbons (Fsp3) is 0.667. The van der Waals surface area contributed by atoms with Crippen LogP contribution in [0.3, 0.4) is 0 Å². The zero-order valence-electron chi connectivity index (χ0n) is 16.0. The van der Waals surface area contributed by atoms with Gasteiger partial charge in [0.2, 0.25) is 0 Å². The maximum atomic E-state index is 12.7. The summed E-state index contributed by atoms with van der Waals surface area (Å²) in [6, 6.07) is 7.68. The van der Waals surface area contributed by atoms with Crippen LogP contribution in [0.25, 0.3) is 0 Å². The average molecular weight is 347 g/mol. The Morgan fingerprint density at radius 2 is 1.84 bits per heavy atom. The molecule has 1 atom stereocenters. The van der Waals surface area contributed by atoms with Crippen molar-refractivity contribution < 1.29 is 14.3 Å². The third-order valence-electron chi connectivity index (χ3n) is 4.83. The molecule has 0 unspecified atom stereocenters. The lowest BCUT2D eigenvalue weighted by Gasteiger charge is -2.28. The number of hydrogen-bond donors (Lipinski definition) is 1. The van der Waals surface area contributed by atoms with Crippen molar-refractivity contribution >= 4 is 11.6 Å². The van der Waals surface area contributed by atoms with Crippen LogP contribution in [0.1, 0.15) is 72.1 Å². The Morgan fingerprint density at radius 1 is 1.16 bits per heavy atom. The Morgan fingerprint density at radius 3 is 2.44 bits per heavy atom. The van der Waals surface area contributed by atoms with Crippen LogP contribution in [0.2, 0.25) is 0 Å². The molecule has 0 spiro atoms. The highest BCUT2D eigenvalue weighted by Crippen LogP contribution is 2.26. The molecule has 1 aliphatic carbocycles. The van der Waals surface area contributed by atoms with Crippen LogP contribution < -0.4 is 10.1 Å². The third-order valence-corrected chi connectivity index (χ3v) is 4.83. The number of benzene rings is 1. The van der Waals surface area contributed by atoms with Gasteiger partial charge in [-0.05, 0) is 69.7 Å². The Hall–Kier alpha value is -1.55. The van der Waals surface area contributed by atoms with Gasteiger partial charge in [-0.3, -0.25) is 4.79 Å². The lowest BCUT2D eigenvalue weighted by atomic mass is 9.97. The normalized spacial score (nSPS) is 17.2. The molecule has 0 bridgehead atoms. The van der Waals surface area contributed by atoms with E-state index in [1.807, 2.05) is 31.2 Å². The van der Waals surface area contributed by atoms with Crippen molar-refractivity contribution in [3.8, 4) is 5.75 Å². The van der Waals surface area contributed by atoms with Gasteiger partial charge >= 0.3 is 0 Å². The largest absolute Gasteiger partial charge is 0.490 e. The molecule has 1 aliphatic rings. The van der Waals surface area contributed by atoms with E-state index in [1.165, 1.54) is 12.8 Å². The number of carbonyl (C=O) groups is 1. The summed E-state index contributed by atoms with van der Waals surface area (Å²) in [5.41, 5.74) is 0.0111. The van der Waals surface area contributed by atoms with E-state index in [9.17, 15) is 4.79 Å². The first kappa shape index (κ1) is 19.8. The molecule has 4 heteroatoms. The van der Waals surface area contributed by atoms with Crippen LogP contribution >= 0.6 is 0 Å². The van der Waals surface area contributed by atoms with Crippen LogP contribution in [-0.2, 0) is 9.53 Å². The molecule has 1 fully saturated rings. The van der Waals surface area contributed by atoms with Gasteiger partial charge in [-0.1, -0.05) is 26.7 Å². The Balaban J connectivity index is 1.94. The van der Waals surface area contributed by atoms with Gasteiger partial charge in [0, 0.05) is 12.3 Å². The molecular weight excluding hydrogens is 314 g/mol. The van der Waals surface area contributed by atoms with Crippen LogP contribution in [0.15, 0.2) is 24.3 Å². The topological polar surface area (TPSA) is 47.6 Å². The highest BCUT2D eigenvalue weighted by molar-refractivity contribution is 5.97. The molecular formula is C21H33NO3.